The topological polar surface area (TPSA) is 29.0 Å². The molecule has 0 saturated carbocycles. The Hall–Kier alpha value is -0.910. The van der Waals surface area contributed by atoms with Crippen molar-refractivity contribution in [1.29, 1.82) is 0 Å². The summed E-state index contributed by atoms with van der Waals surface area (Å²) in [5.74, 6) is 1.10. The summed E-state index contributed by atoms with van der Waals surface area (Å²) in [4.78, 5) is 11.2. The number of piperidine rings is 1. The van der Waals surface area contributed by atoms with Crippen LogP contribution < -0.4 is 4.90 Å². The Labute approximate surface area is 114 Å². The summed E-state index contributed by atoms with van der Waals surface area (Å²) in [5, 5.41) is 1.18. The smallest absolute Gasteiger partial charge is 0.139 e. The molecule has 3 rings (SSSR count). The summed E-state index contributed by atoms with van der Waals surface area (Å²) >= 11 is 2.34. The third-order valence-electron chi connectivity index (χ3n) is 3.23. The Kier molecular flexibility index (Phi) is 3.13. The average molecular weight is 339 g/mol. The molecular weight excluding hydrogens is 325 g/mol. The molecule has 0 spiro atoms. The van der Waals surface area contributed by atoms with Gasteiger partial charge in [-0.05, 0) is 60.1 Å². The van der Waals surface area contributed by atoms with Gasteiger partial charge in [0.25, 0.3) is 0 Å². The van der Waals surface area contributed by atoms with Gasteiger partial charge >= 0.3 is 0 Å². The third kappa shape index (κ3) is 2.22. The van der Waals surface area contributed by atoms with Gasteiger partial charge in [-0.3, -0.25) is 0 Å². The fourth-order valence-corrected chi connectivity index (χ4v) is 2.86. The van der Waals surface area contributed by atoms with E-state index in [9.17, 15) is 0 Å². The zero-order valence-electron chi connectivity index (χ0n) is 9.56. The number of rotatable bonds is 1. The third-order valence-corrected chi connectivity index (χ3v) is 3.90. The molecule has 0 amide bonds. The number of fused-ring (bicyclic) bond motifs is 1. The number of anilines is 1. The second kappa shape index (κ2) is 4.76. The van der Waals surface area contributed by atoms with Gasteiger partial charge in [-0.1, -0.05) is 0 Å². The van der Waals surface area contributed by atoms with Crippen molar-refractivity contribution in [3.05, 3.63) is 28.1 Å². The fourth-order valence-electron chi connectivity index (χ4n) is 2.37. The SMILES string of the molecule is Ic1ccc2ncnc(N3CCCCC3)c2c1. The van der Waals surface area contributed by atoms with Crippen molar-refractivity contribution in [3.63, 3.8) is 0 Å². The normalized spacial score (nSPS) is 16.4. The van der Waals surface area contributed by atoms with E-state index in [0.717, 1.165) is 24.4 Å². The standard InChI is InChI=1S/C13H14IN3/c14-10-4-5-12-11(8-10)13(16-9-15-12)17-6-2-1-3-7-17/h4-5,8-9H,1-3,6-7H2. The molecule has 0 bridgehead atoms. The van der Waals surface area contributed by atoms with Crippen LogP contribution in [0.4, 0.5) is 5.82 Å². The molecule has 4 heteroatoms. The van der Waals surface area contributed by atoms with Gasteiger partial charge in [-0.25, -0.2) is 9.97 Å². The van der Waals surface area contributed by atoms with Crippen LogP contribution in [0.1, 0.15) is 19.3 Å². The van der Waals surface area contributed by atoms with Crippen LogP contribution in [0.25, 0.3) is 10.9 Å². The lowest BCUT2D eigenvalue weighted by Crippen LogP contribution is -2.30. The van der Waals surface area contributed by atoms with Gasteiger partial charge in [0.15, 0.2) is 0 Å². The van der Waals surface area contributed by atoms with Crippen molar-refractivity contribution in [2.75, 3.05) is 18.0 Å². The average Bonchev–Trinajstić information content (AvgIpc) is 2.39. The Balaban J connectivity index is 2.11. The number of benzene rings is 1. The van der Waals surface area contributed by atoms with Crippen molar-refractivity contribution >= 4 is 39.3 Å². The first-order valence-electron chi connectivity index (χ1n) is 6.00. The van der Waals surface area contributed by atoms with E-state index in [4.69, 9.17) is 0 Å². The maximum Gasteiger partial charge on any atom is 0.139 e. The fraction of sp³-hybridized carbons (Fsp3) is 0.385. The number of nitrogens with zero attached hydrogens (tertiary/aromatic N) is 3. The number of hydrogen-bond acceptors (Lipinski definition) is 3. The number of aromatic nitrogens is 2. The Morgan fingerprint density at radius 1 is 1.06 bits per heavy atom. The largest absolute Gasteiger partial charge is 0.356 e. The first-order valence-corrected chi connectivity index (χ1v) is 7.08. The number of halogens is 1. The van der Waals surface area contributed by atoms with Crippen molar-refractivity contribution < 1.29 is 0 Å². The van der Waals surface area contributed by atoms with Crippen molar-refractivity contribution in [1.82, 2.24) is 9.97 Å². The second-order valence-corrected chi connectivity index (χ2v) is 5.65. The Morgan fingerprint density at radius 2 is 1.88 bits per heavy atom. The van der Waals surface area contributed by atoms with Gasteiger partial charge in [-0.15, -0.1) is 0 Å². The van der Waals surface area contributed by atoms with Crippen LogP contribution in [0, 0.1) is 3.57 Å². The minimum Gasteiger partial charge on any atom is -0.356 e. The van der Waals surface area contributed by atoms with Gasteiger partial charge < -0.3 is 4.90 Å². The molecule has 2 aromatic rings. The highest BCUT2D eigenvalue weighted by molar-refractivity contribution is 14.1. The van der Waals surface area contributed by atoms with E-state index in [-0.39, 0.29) is 0 Å². The van der Waals surface area contributed by atoms with Crippen LogP contribution in [0.5, 0.6) is 0 Å². The maximum atomic E-state index is 4.48. The molecule has 0 aliphatic carbocycles. The van der Waals surface area contributed by atoms with Crippen molar-refractivity contribution in [2.24, 2.45) is 0 Å². The lowest BCUT2D eigenvalue weighted by molar-refractivity contribution is 0.574. The van der Waals surface area contributed by atoms with Gasteiger partial charge in [0.05, 0.1) is 5.52 Å². The molecule has 1 aromatic heterocycles. The van der Waals surface area contributed by atoms with Crippen molar-refractivity contribution in [3.8, 4) is 0 Å². The predicted octanol–water partition coefficient (Wildman–Crippen LogP) is 3.22. The molecule has 1 aliphatic rings. The molecule has 1 aromatic carbocycles. The summed E-state index contributed by atoms with van der Waals surface area (Å²) in [6.45, 7) is 2.25. The highest BCUT2D eigenvalue weighted by atomic mass is 127. The molecule has 1 aliphatic heterocycles. The van der Waals surface area contributed by atoms with E-state index in [2.05, 4.69) is 55.7 Å². The first-order chi connectivity index (χ1) is 8.34. The monoisotopic (exact) mass is 339 g/mol. The molecule has 3 nitrogen and oxygen atoms in total. The van der Waals surface area contributed by atoms with Crippen LogP contribution in [0.2, 0.25) is 0 Å². The zero-order chi connectivity index (χ0) is 11.7. The minimum atomic E-state index is 1.04. The summed E-state index contributed by atoms with van der Waals surface area (Å²) in [7, 11) is 0. The molecule has 0 atom stereocenters. The van der Waals surface area contributed by atoms with E-state index in [1.165, 1.54) is 28.2 Å². The highest BCUT2D eigenvalue weighted by Gasteiger charge is 2.15. The first kappa shape index (κ1) is 11.2. The van der Waals surface area contributed by atoms with Crippen LogP contribution in [-0.2, 0) is 0 Å². The Morgan fingerprint density at radius 3 is 2.71 bits per heavy atom. The van der Waals surface area contributed by atoms with Gasteiger partial charge in [0, 0.05) is 22.0 Å². The van der Waals surface area contributed by atoms with Crippen LogP contribution in [0.3, 0.4) is 0 Å². The summed E-state index contributed by atoms with van der Waals surface area (Å²) in [5.41, 5.74) is 1.04. The molecule has 0 radical (unpaired) electrons. The summed E-state index contributed by atoms with van der Waals surface area (Å²) < 4.78 is 1.24. The quantitative estimate of drug-likeness (QED) is 0.747. The molecule has 1 saturated heterocycles. The van der Waals surface area contributed by atoms with E-state index in [1.807, 2.05) is 0 Å². The second-order valence-electron chi connectivity index (χ2n) is 4.41. The molecular formula is C13H14IN3. The van der Waals surface area contributed by atoms with Gasteiger partial charge in [0.1, 0.15) is 12.1 Å². The van der Waals surface area contributed by atoms with Crippen LogP contribution in [-0.4, -0.2) is 23.1 Å². The van der Waals surface area contributed by atoms with Crippen LogP contribution >= 0.6 is 22.6 Å². The van der Waals surface area contributed by atoms with Gasteiger partial charge in [-0.2, -0.15) is 0 Å². The minimum absolute atomic E-state index is 1.04. The lowest BCUT2D eigenvalue weighted by atomic mass is 10.1. The zero-order valence-corrected chi connectivity index (χ0v) is 11.7. The predicted molar refractivity (Wildman–Crippen MR) is 78.3 cm³/mol. The molecule has 17 heavy (non-hydrogen) atoms. The van der Waals surface area contributed by atoms with Gasteiger partial charge in [0.2, 0.25) is 0 Å². The number of hydrogen-bond donors (Lipinski definition) is 0. The molecule has 0 N–H and O–H groups in total. The summed E-state index contributed by atoms with van der Waals surface area (Å²) in [6, 6.07) is 6.35. The van der Waals surface area contributed by atoms with Crippen LogP contribution in [0.15, 0.2) is 24.5 Å². The maximum absolute atomic E-state index is 4.48. The van der Waals surface area contributed by atoms with E-state index < -0.39 is 0 Å². The Bertz CT molecular complexity index is 535. The van der Waals surface area contributed by atoms with E-state index in [1.54, 1.807) is 6.33 Å². The molecule has 2 heterocycles. The van der Waals surface area contributed by atoms with E-state index >= 15 is 0 Å². The van der Waals surface area contributed by atoms with E-state index in [0.29, 0.717) is 0 Å². The van der Waals surface area contributed by atoms with Crippen molar-refractivity contribution in [2.45, 2.75) is 19.3 Å². The lowest BCUT2D eigenvalue weighted by Gasteiger charge is -2.28. The molecule has 1 fully saturated rings. The highest BCUT2D eigenvalue weighted by Crippen LogP contribution is 2.26. The molecule has 88 valence electrons. The molecule has 0 unspecified atom stereocenters. The summed E-state index contributed by atoms with van der Waals surface area (Å²) in [6.07, 6.45) is 5.57.